The average molecular weight is 433 g/mol. The monoisotopic (exact) mass is 432 g/mol. The zero-order chi connectivity index (χ0) is 22.6. The van der Waals surface area contributed by atoms with E-state index in [0.29, 0.717) is 6.42 Å². The van der Waals surface area contributed by atoms with Crippen LogP contribution in [0.15, 0.2) is 0 Å². The molecular weight excluding hydrogens is 384 g/mol. The van der Waals surface area contributed by atoms with Crippen LogP contribution in [0, 0.1) is 0 Å². The quantitative estimate of drug-likeness (QED) is 0.194. The first-order valence-corrected chi connectivity index (χ1v) is 12.1. The van der Waals surface area contributed by atoms with Crippen molar-refractivity contribution in [2.75, 3.05) is 13.2 Å². The van der Waals surface area contributed by atoms with Crippen molar-refractivity contribution >= 4 is 5.97 Å². The van der Waals surface area contributed by atoms with Crippen molar-refractivity contribution in [3.63, 3.8) is 0 Å². The summed E-state index contributed by atoms with van der Waals surface area (Å²) in [5.74, 6) is -0.720. The maximum atomic E-state index is 10.1. The van der Waals surface area contributed by atoms with E-state index in [1.54, 1.807) is 0 Å². The first-order valence-electron chi connectivity index (χ1n) is 12.1. The SMILES string of the molecule is CCCCCCCCCCCCCCC(O)C(O)C(N)CO.O=C(O)[C@@H]1CCCN1. The van der Waals surface area contributed by atoms with Crippen molar-refractivity contribution in [3.05, 3.63) is 0 Å². The second-order valence-corrected chi connectivity index (χ2v) is 8.57. The predicted molar refractivity (Wildman–Crippen MR) is 121 cm³/mol. The van der Waals surface area contributed by atoms with Crippen LogP contribution in [-0.4, -0.2) is 63.8 Å². The van der Waals surface area contributed by atoms with Crippen LogP contribution in [0.3, 0.4) is 0 Å². The van der Waals surface area contributed by atoms with Crippen molar-refractivity contribution in [2.45, 2.75) is 128 Å². The molecule has 0 spiro atoms. The largest absolute Gasteiger partial charge is 0.480 e. The van der Waals surface area contributed by atoms with Crippen LogP contribution in [0.4, 0.5) is 0 Å². The third kappa shape index (κ3) is 16.0. The predicted octanol–water partition coefficient (Wildman–Crippen LogP) is 2.94. The van der Waals surface area contributed by atoms with Gasteiger partial charge < -0.3 is 31.5 Å². The van der Waals surface area contributed by atoms with Gasteiger partial charge >= 0.3 is 5.97 Å². The molecule has 1 heterocycles. The maximum absolute atomic E-state index is 10.1. The number of carboxylic acids is 1. The number of carboxylic acid groups (broad SMARTS) is 1. The van der Waals surface area contributed by atoms with Crippen LogP contribution < -0.4 is 11.1 Å². The Morgan fingerprint density at radius 1 is 0.967 bits per heavy atom. The normalized spacial score (nSPS) is 19.0. The fraction of sp³-hybridized carbons (Fsp3) is 0.957. The first kappa shape index (κ1) is 29.3. The minimum atomic E-state index is -1.02. The average Bonchev–Trinajstić information content (AvgIpc) is 3.29. The van der Waals surface area contributed by atoms with E-state index < -0.39 is 24.2 Å². The van der Waals surface area contributed by atoms with Gasteiger partial charge in [0, 0.05) is 0 Å². The molecule has 1 aliphatic rings. The molecule has 4 atom stereocenters. The molecule has 1 saturated heterocycles. The first-order chi connectivity index (χ1) is 14.4. The van der Waals surface area contributed by atoms with Crippen molar-refractivity contribution in [1.82, 2.24) is 5.32 Å². The number of rotatable bonds is 17. The van der Waals surface area contributed by atoms with Gasteiger partial charge in [0.2, 0.25) is 0 Å². The van der Waals surface area contributed by atoms with Crippen LogP contribution in [0.25, 0.3) is 0 Å². The lowest BCUT2D eigenvalue weighted by Crippen LogP contribution is -2.45. The molecule has 0 aromatic carbocycles. The fourth-order valence-corrected chi connectivity index (χ4v) is 3.65. The van der Waals surface area contributed by atoms with Crippen LogP contribution in [0.5, 0.6) is 0 Å². The van der Waals surface area contributed by atoms with Gasteiger partial charge in [-0.3, -0.25) is 4.79 Å². The summed E-state index contributed by atoms with van der Waals surface area (Å²) in [5.41, 5.74) is 5.49. The lowest BCUT2D eigenvalue weighted by molar-refractivity contribution is -0.139. The molecular formula is C23H48N2O5. The highest BCUT2D eigenvalue weighted by Gasteiger charge is 2.22. The molecule has 0 aromatic heterocycles. The van der Waals surface area contributed by atoms with Gasteiger partial charge in [-0.25, -0.2) is 0 Å². The Morgan fingerprint density at radius 2 is 1.47 bits per heavy atom. The summed E-state index contributed by atoms with van der Waals surface area (Å²) in [4.78, 5) is 10.1. The summed E-state index contributed by atoms with van der Waals surface area (Å²) in [5, 5.41) is 39.4. The van der Waals surface area contributed by atoms with Crippen LogP contribution >= 0.6 is 0 Å². The lowest BCUT2D eigenvalue weighted by atomic mass is 10.00. The van der Waals surface area contributed by atoms with Crippen molar-refractivity contribution in [1.29, 1.82) is 0 Å². The van der Waals surface area contributed by atoms with Crippen molar-refractivity contribution in [3.8, 4) is 0 Å². The Kier molecular flexibility index (Phi) is 19.7. The Hall–Kier alpha value is -0.730. The molecule has 1 rings (SSSR count). The highest BCUT2D eigenvalue weighted by atomic mass is 16.4. The molecule has 0 saturated carbocycles. The molecule has 30 heavy (non-hydrogen) atoms. The highest BCUT2D eigenvalue weighted by molar-refractivity contribution is 5.73. The minimum Gasteiger partial charge on any atom is -0.480 e. The number of hydrogen-bond donors (Lipinski definition) is 6. The van der Waals surface area contributed by atoms with Gasteiger partial charge in [-0.15, -0.1) is 0 Å². The molecule has 0 aliphatic carbocycles. The highest BCUT2D eigenvalue weighted by Crippen LogP contribution is 2.14. The molecule has 1 aliphatic heterocycles. The van der Waals surface area contributed by atoms with Crippen molar-refractivity contribution < 1.29 is 25.2 Å². The van der Waals surface area contributed by atoms with Gasteiger partial charge in [0.05, 0.1) is 24.9 Å². The van der Waals surface area contributed by atoms with Gasteiger partial charge in [-0.05, 0) is 25.8 Å². The standard InChI is InChI=1S/C18H39NO3.C5H9NO2/c1-2-3-4-5-6-7-8-9-10-11-12-13-14-17(21)18(22)16(19)15-20;7-5(8)4-2-1-3-6-4/h16-18,20-22H,2-15,19H2,1H3;4,6H,1-3H2,(H,7,8)/t;4-/m.0/s1. The fourth-order valence-electron chi connectivity index (χ4n) is 3.65. The summed E-state index contributed by atoms with van der Waals surface area (Å²) >= 11 is 0. The molecule has 7 heteroatoms. The van der Waals surface area contributed by atoms with Gasteiger partial charge in [0.15, 0.2) is 0 Å². The van der Waals surface area contributed by atoms with Gasteiger partial charge in [0.1, 0.15) is 6.04 Å². The Morgan fingerprint density at radius 3 is 1.83 bits per heavy atom. The maximum Gasteiger partial charge on any atom is 0.320 e. The lowest BCUT2D eigenvalue weighted by Gasteiger charge is -2.22. The third-order valence-corrected chi connectivity index (χ3v) is 5.76. The minimum absolute atomic E-state index is 0.269. The Bertz CT molecular complexity index is 392. The Balaban J connectivity index is 0.000000867. The second kappa shape index (κ2) is 20.2. The van der Waals surface area contributed by atoms with Crippen LogP contribution in [0.1, 0.15) is 103 Å². The zero-order valence-electron chi connectivity index (χ0n) is 19.1. The van der Waals surface area contributed by atoms with Gasteiger partial charge in [0.25, 0.3) is 0 Å². The smallest absolute Gasteiger partial charge is 0.320 e. The topological polar surface area (TPSA) is 136 Å². The van der Waals surface area contributed by atoms with E-state index in [9.17, 15) is 15.0 Å². The van der Waals surface area contributed by atoms with E-state index in [0.717, 1.165) is 32.2 Å². The van der Waals surface area contributed by atoms with Crippen LogP contribution in [-0.2, 0) is 4.79 Å². The molecule has 0 bridgehead atoms. The molecule has 3 unspecified atom stereocenters. The Labute approximate surface area is 183 Å². The zero-order valence-corrected chi connectivity index (χ0v) is 19.1. The molecule has 0 amide bonds. The van der Waals surface area contributed by atoms with E-state index in [1.165, 1.54) is 64.2 Å². The summed E-state index contributed by atoms with van der Waals surface area (Å²) in [7, 11) is 0. The summed E-state index contributed by atoms with van der Waals surface area (Å²) in [6, 6.07) is -1.01. The molecule has 0 radical (unpaired) electrons. The number of aliphatic hydroxyl groups is 3. The van der Waals surface area contributed by atoms with E-state index in [1.807, 2.05) is 0 Å². The summed E-state index contributed by atoms with van der Waals surface area (Å²) in [6.07, 6.45) is 15.9. The third-order valence-electron chi connectivity index (χ3n) is 5.76. The number of aliphatic carboxylic acids is 1. The molecule has 1 fully saturated rings. The number of aliphatic hydroxyl groups excluding tert-OH is 3. The van der Waals surface area contributed by atoms with Gasteiger partial charge in [-0.1, -0.05) is 84.0 Å². The van der Waals surface area contributed by atoms with Crippen LogP contribution in [0.2, 0.25) is 0 Å². The summed E-state index contributed by atoms with van der Waals surface area (Å²) in [6.45, 7) is 2.81. The summed E-state index contributed by atoms with van der Waals surface area (Å²) < 4.78 is 0. The van der Waals surface area contributed by atoms with E-state index in [-0.39, 0.29) is 12.6 Å². The molecule has 180 valence electrons. The number of nitrogens with one attached hydrogen (secondary N) is 1. The number of unbranched alkanes of at least 4 members (excludes halogenated alkanes) is 11. The molecule has 7 N–H and O–H groups in total. The van der Waals surface area contributed by atoms with Crippen molar-refractivity contribution in [2.24, 2.45) is 5.73 Å². The second-order valence-electron chi connectivity index (χ2n) is 8.57. The van der Waals surface area contributed by atoms with E-state index >= 15 is 0 Å². The van der Waals surface area contributed by atoms with Gasteiger partial charge in [-0.2, -0.15) is 0 Å². The van der Waals surface area contributed by atoms with E-state index in [2.05, 4.69) is 12.2 Å². The number of nitrogens with two attached hydrogens (primary N) is 1. The number of hydrogen-bond acceptors (Lipinski definition) is 6. The number of carbonyl (C=O) groups is 1. The molecule has 7 nitrogen and oxygen atoms in total. The van der Waals surface area contributed by atoms with E-state index in [4.69, 9.17) is 15.9 Å². The molecule has 0 aromatic rings.